The Morgan fingerprint density at radius 3 is 2.57 bits per heavy atom. The SMILES string of the molecule is O=[N+]([O-])c1ccc2nc(-c3cccc(Cl)c3)nc(Cl)c2c1. The molecule has 1 aromatic heterocycles. The predicted molar refractivity (Wildman–Crippen MR) is 81.6 cm³/mol. The lowest BCUT2D eigenvalue weighted by molar-refractivity contribution is -0.384. The molecule has 104 valence electrons. The van der Waals surface area contributed by atoms with E-state index in [1.807, 2.05) is 6.07 Å². The van der Waals surface area contributed by atoms with Gasteiger partial charge in [0.05, 0.1) is 10.4 Å². The molecule has 0 atom stereocenters. The highest BCUT2D eigenvalue weighted by molar-refractivity contribution is 6.34. The molecule has 7 heteroatoms. The number of nitro groups is 1. The molecular formula is C14H7Cl2N3O2. The fraction of sp³-hybridized carbons (Fsp3) is 0. The van der Waals surface area contributed by atoms with Crippen LogP contribution in [0.5, 0.6) is 0 Å². The van der Waals surface area contributed by atoms with Gasteiger partial charge in [-0.05, 0) is 18.2 Å². The van der Waals surface area contributed by atoms with Crippen molar-refractivity contribution in [3.05, 3.63) is 62.8 Å². The normalized spacial score (nSPS) is 10.8. The summed E-state index contributed by atoms with van der Waals surface area (Å²) in [7, 11) is 0. The van der Waals surface area contributed by atoms with E-state index in [4.69, 9.17) is 23.2 Å². The molecule has 0 unspecified atom stereocenters. The maximum absolute atomic E-state index is 10.8. The number of benzene rings is 2. The molecule has 0 fully saturated rings. The summed E-state index contributed by atoms with van der Waals surface area (Å²) in [6.07, 6.45) is 0. The topological polar surface area (TPSA) is 68.9 Å². The van der Waals surface area contributed by atoms with Crippen molar-refractivity contribution in [3.8, 4) is 11.4 Å². The van der Waals surface area contributed by atoms with Gasteiger partial charge < -0.3 is 0 Å². The van der Waals surface area contributed by atoms with Gasteiger partial charge in [0.15, 0.2) is 5.82 Å². The molecule has 0 saturated carbocycles. The van der Waals surface area contributed by atoms with Crippen molar-refractivity contribution >= 4 is 39.8 Å². The van der Waals surface area contributed by atoms with E-state index in [0.717, 1.165) is 5.56 Å². The molecule has 3 aromatic rings. The summed E-state index contributed by atoms with van der Waals surface area (Å²) >= 11 is 12.1. The zero-order valence-electron chi connectivity index (χ0n) is 10.5. The quantitative estimate of drug-likeness (QED) is 0.396. The van der Waals surface area contributed by atoms with E-state index in [1.165, 1.54) is 12.1 Å². The summed E-state index contributed by atoms with van der Waals surface area (Å²) < 4.78 is 0. The lowest BCUT2D eigenvalue weighted by Crippen LogP contribution is -1.94. The Hall–Kier alpha value is -2.24. The van der Waals surface area contributed by atoms with Crippen LogP contribution in [0, 0.1) is 10.1 Å². The molecule has 0 N–H and O–H groups in total. The number of non-ortho nitro benzene ring substituents is 1. The molecule has 0 aliphatic carbocycles. The van der Waals surface area contributed by atoms with Gasteiger partial charge in [0, 0.05) is 28.1 Å². The highest BCUT2D eigenvalue weighted by Crippen LogP contribution is 2.28. The molecule has 0 bridgehead atoms. The van der Waals surface area contributed by atoms with Gasteiger partial charge in [0.2, 0.25) is 0 Å². The summed E-state index contributed by atoms with van der Waals surface area (Å²) in [5.74, 6) is 0.420. The molecule has 5 nitrogen and oxygen atoms in total. The minimum absolute atomic E-state index is 0.0523. The van der Waals surface area contributed by atoms with E-state index >= 15 is 0 Å². The number of hydrogen-bond acceptors (Lipinski definition) is 4. The van der Waals surface area contributed by atoms with Crippen molar-refractivity contribution < 1.29 is 4.92 Å². The van der Waals surface area contributed by atoms with Crippen molar-refractivity contribution in [2.24, 2.45) is 0 Å². The van der Waals surface area contributed by atoms with Crippen LogP contribution in [0.2, 0.25) is 10.2 Å². The third-order valence-corrected chi connectivity index (χ3v) is 3.45. The van der Waals surface area contributed by atoms with Crippen LogP contribution in [0.15, 0.2) is 42.5 Å². The Morgan fingerprint density at radius 2 is 1.86 bits per heavy atom. The van der Waals surface area contributed by atoms with E-state index < -0.39 is 4.92 Å². The Labute approximate surface area is 129 Å². The van der Waals surface area contributed by atoms with Crippen LogP contribution in [0.25, 0.3) is 22.3 Å². The smallest absolute Gasteiger partial charge is 0.258 e. The van der Waals surface area contributed by atoms with E-state index in [2.05, 4.69) is 9.97 Å². The summed E-state index contributed by atoms with van der Waals surface area (Å²) in [4.78, 5) is 18.9. The van der Waals surface area contributed by atoms with E-state index in [0.29, 0.717) is 21.7 Å². The fourth-order valence-corrected chi connectivity index (χ4v) is 2.37. The second-order valence-corrected chi connectivity index (χ2v) is 5.10. The monoisotopic (exact) mass is 319 g/mol. The first-order valence-corrected chi connectivity index (χ1v) is 6.68. The van der Waals surface area contributed by atoms with E-state index in [-0.39, 0.29) is 10.8 Å². The highest BCUT2D eigenvalue weighted by atomic mass is 35.5. The van der Waals surface area contributed by atoms with Gasteiger partial charge in [0.25, 0.3) is 5.69 Å². The summed E-state index contributed by atoms with van der Waals surface area (Å²) in [5, 5.41) is 12.0. The largest absolute Gasteiger partial charge is 0.270 e. The molecule has 0 spiro atoms. The molecule has 0 radical (unpaired) electrons. The maximum atomic E-state index is 10.8. The molecule has 0 aliphatic rings. The molecular weight excluding hydrogens is 313 g/mol. The fourth-order valence-electron chi connectivity index (χ4n) is 1.95. The second kappa shape index (κ2) is 5.27. The van der Waals surface area contributed by atoms with Gasteiger partial charge in [-0.2, -0.15) is 0 Å². The zero-order chi connectivity index (χ0) is 15.0. The Balaban J connectivity index is 2.20. The molecule has 0 aliphatic heterocycles. The van der Waals surface area contributed by atoms with Gasteiger partial charge in [-0.1, -0.05) is 35.3 Å². The number of fused-ring (bicyclic) bond motifs is 1. The lowest BCUT2D eigenvalue weighted by atomic mass is 10.2. The molecule has 0 amide bonds. The van der Waals surface area contributed by atoms with E-state index in [1.54, 1.807) is 24.3 Å². The van der Waals surface area contributed by atoms with Crippen molar-refractivity contribution in [3.63, 3.8) is 0 Å². The molecule has 3 rings (SSSR count). The van der Waals surface area contributed by atoms with Gasteiger partial charge >= 0.3 is 0 Å². The molecule has 21 heavy (non-hydrogen) atoms. The van der Waals surface area contributed by atoms with Crippen LogP contribution in [0.1, 0.15) is 0 Å². The van der Waals surface area contributed by atoms with Crippen molar-refractivity contribution in [1.29, 1.82) is 0 Å². The Morgan fingerprint density at radius 1 is 1.05 bits per heavy atom. The minimum atomic E-state index is -0.485. The molecule has 1 heterocycles. The number of halogens is 2. The number of nitrogens with zero attached hydrogens (tertiary/aromatic N) is 3. The third kappa shape index (κ3) is 2.66. The first-order chi connectivity index (χ1) is 10.0. The lowest BCUT2D eigenvalue weighted by Gasteiger charge is -2.05. The van der Waals surface area contributed by atoms with Crippen molar-refractivity contribution in [1.82, 2.24) is 9.97 Å². The van der Waals surface area contributed by atoms with Gasteiger partial charge in [-0.3, -0.25) is 10.1 Å². The number of rotatable bonds is 2. The average Bonchev–Trinajstić information content (AvgIpc) is 2.46. The van der Waals surface area contributed by atoms with Crippen LogP contribution >= 0.6 is 23.2 Å². The first kappa shape index (κ1) is 13.7. The van der Waals surface area contributed by atoms with Crippen LogP contribution in [0.4, 0.5) is 5.69 Å². The summed E-state index contributed by atoms with van der Waals surface area (Å²) in [6, 6.07) is 11.4. The van der Waals surface area contributed by atoms with Crippen molar-refractivity contribution in [2.45, 2.75) is 0 Å². The van der Waals surface area contributed by atoms with Crippen LogP contribution < -0.4 is 0 Å². The van der Waals surface area contributed by atoms with Crippen LogP contribution in [0.3, 0.4) is 0 Å². The molecule has 0 saturated heterocycles. The predicted octanol–water partition coefficient (Wildman–Crippen LogP) is 4.51. The van der Waals surface area contributed by atoms with E-state index in [9.17, 15) is 10.1 Å². The summed E-state index contributed by atoms with van der Waals surface area (Å²) in [6.45, 7) is 0. The van der Waals surface area contributed by atoms with Gasteiger partial charge in [0.1, 0.15) is 5.15 Å². The van der Waals surface area contributed by atoms with Crippen LogP contribution in [-0.2, 0) is 0 Å². The number of hydrogen-bond donors (Lipinski definition) is 0. The Bertz CT molecular complexity index is 868. The average molecular weight is 320 g/mol. The second-order valence-electron chi connectivity index (χ2n) is 4.31. The van der Waals surface area contributed by atoms with Crippen molar-refractivity contribution in [2.75, 3.05) is 0 Å². The van der Waals surface area contributed by atoms with Crippen LogP contribution in [-0.4, -0.2) is 14.9 Å². The highest BCUT2D eigenvalue weighted by Gasteiger charge is 2.12. The third-order valence-electron chi connectivity index (χ3n) is 2.93. The molecule has 2 aromatic carbocycles. The minimum Gasteiger partial charge on any atom is -0.258 e. The first-order valence-electron chi connectivity index (χ1n) is 5.92. The summed E-state index contributed by atoms with van der Waals surface area (Å²) in [5.41, 5.74) is 1.21. The number of nitro benzene ring substituents is 1. The van der Waals surface area contributed by atoms with Gasteiger partial charge in [-0.25, -0.2) is 9.97 Å². The Kier molecular flexibility index (Phi) is 3.45. The standard InChI is InChI=1S/C14H7Cl2N3O2/c15-9-3-1-2-8(6-9)14-17-12-5-4-10(19(20)21)7-11(12)13(16)18-14/h1-7H. The van der Waals surface area contributed by atoms with Gasteiger partial charge in [-0.15, -0.1) is 0 Å². The number of aromatic nitrogens is 2. The zero-order valence-corrected chi connectivity index (χ0v) is 12.0. The maximum Gasteiger partial charge on any atom is 0.270 e.